The van der Waals surface area contributed by atoms with Gasteiger partial charge in [0.15, 0.2) is 0 Å². The molecule has 4 unspecified atom stereocenters. The number of fused-ring (bicyclic) bond motifs is 2. The second-order valence-corrected chi connectivity index (χ2v) is 8.25. The van der Waals surface area contributed by atoms with Crippen LogP contribution < -0.4 is 0 Å². The quantitative estimate of drug-likeness (QED) is 0.416. The van der Waals surface area contributed by atoms with E-state index in [1.54, 1.807) is 0 Å². The molecule has 0 amide bonds. The van der Waals surface area contributed by atoms with E-state index in [0.717, 1.165) is 0 Å². The molecule has 2 nitrogen and oxygen atoms in total. The maximum absolute atomic E-state index is 5.65. The highest BCUT2D eigenvalue weighted by molar-refractivity contribution is 5.12. The zero-order valence-corrected chi connectivity index (χ0v) is 19.2. The highest BCUT2D eigenvalue weighted by Gasteiger charge is 2.64. The van der Waals surface area contributed by atoms with Crippen LogP contribution in [0.4, 0.5) is 0 Å². The van der Waals surface area contributed by atoms with Crippen LogP contribution in [0.3, 0.4) is 0 Å². The van der Waals surface area contributed by atoms with Gasteiger partial charge in [-0.25, -0.2) is 0 Å². The molecule has 4 fully saturated rings. The fourth-order valence-corrected chi connectivity index (χ4v) is 4.05. The van der Waals surface area contributed by atoms with Gasteiger partial charge in [-0.1, -0.05) is 73.6 Å². The molecule has 4 atom stereocenters. The Labute approximate surface area is 159 Å². The van der Waals surface area contributed by atoms with Gasteiger partial charge in [-0.05, 0) is 53.4 Å². The Balaban J connectivity index is 0.000000343. The molecule has 25 heavy (non-hydrogen) atoms. The standard InChI is InChI=1S/2C8H14O.C3H8.2C2H6/c2*1-7-5-3-4-6-8(7,2)9-7;1-3-2;2*1-2/h2*3-6H2,1-2H3;3H2,1-2H3;2*1-2H3. The monoisotopic (exact) mass is 356 g/mol. The van der Waals surface area contributed by atoms with E-state index < -0.39 is 0 Å². The molecule has 152 valence electrons. The summed E-state index contributed by atoms with van der Waals surface area (Å²) >= 11 is 0. The fraction of sp³-hybridized carbons (Fsp3) is 1.00. The van der Waals surface area contributed by atoms with Gasteiger partial charge in [0.25, 0.3) is 0 Å². The summed E-state index contributed by atoms with van der Waals surface area (Å²) in [5, 5.41) is 0. The van der Waals surface area contributed by atoms with Crippen molar-refractivity contribution in [2.75, 3.05) is 0 Å². The van der Waals surface area contributed by atoms with E-state index in [0.29, 0.717) is 0 Å². The van der Waals surface area contributed by atoms with Crippen LogP contribution in [0, 0.1) is 0 Å². The average Bonchev–Trinajstić information content (AvgIpc) is 3.39. The first-order valence-corrected chi connectivity index (χ1v) is 11.1. The van der Waals surface area contributed by atoms with Crippen LogP contribution in [0.1, 0.15) is 127 Å². The molecular formula is C23H48O2. The second kappa shape index (κ2) is 10.3. The van der Waals surface area contributed by atoms with E-state index in [4.69, 9.17) is 9.47 Å². The third-order valence-electron chi connectivity index (χ3n) is 6.17. The molecule has 0 aromatic carbocycles. The Bertz CT molecular complexity index is 287. The topological polar surface area (TPSA) is 25.1 Å². The molecule has 2 saturated carbocycles. The number of epoxide rings is 2. The van der Waals surface area contributed by atoms with Gasteiger partial charge in [-0.3, -0.25) is 0 Å². The Morgan fingerprint density at radius 2 is 0.680 bits per heavy atom. The highest BCUT2D eigenvalue weighted by atomic mass is 16.6. The molecule has 0 aromatic rings. The maximum Gasteiger partial charge on any atom is 0.0949 e. The van der Waals surface area contributed by atoms with Crippen molar-refractivity contribution in [1.29, 1.82) is 0 Å². The van der Waals surface area contributed by atoms with Gasteiger partial charge < -0.3 is 9.47 Å². The van der Waals surface area contributed by atoms with Gasteiger partial charge >= 0.3 is 0 Å². The van der Waals surface area contributed by atoms with Gasteiger partial charge in [0.2, 0.25) is 0 Å². The van der Waals surface area contributed by atoms with Crippen molar-refractivity contribution >= 4 is 0 Å². The van der Waals surface area contributed by atoms with Crippen molar-refractivity contribution in [3.05, 3.63) is 0 Å². The Hall–Kier alpha value is -0.0800. The predicted octanol–water partition coefficient (Wildman–Crippen LogP) is 7.68. The SMILES string of the molecule is CC.CC.CC12CCCCC1(C)O2.CC12CCCCC1(C)O2.CCC. The molecule has 0 spiro atoms. The van der Waals surface area contributed by atoms with Crippen molar-refractivity contribution in [3.8, 4) is 0 Å². The van der Waals surface area contributed by atoms with E-state index in [2.05, 4.69) is 41.5 Å². The molecule has 0 aromatic heterocycles. The maximum atomic E-state index is 5.65. The number of rotatable bonds is 0. The third-order valence-corrected chi connectivity index (χ3v) is 6.17. The molecule has 0 radical (unpaired) electrons. The van der Waals surface area contributed by atoms with Crippen molar-refractivity contribution in [2.24, 2.45) is 0 Å². The summed E-state index contributed by atoms with van der Waals surface area (Å²) in [6.45, 7) is 21.2. The Morgan fingerprint density at radius 1 is 0.520 bits per heavy atom. The largest absolute Gasteiger partial charge is 0.363 e. The van der Waals surface area contributed by atoms with E-state index >= 15 is 0 Å². The van der Waals surface area contributed by atoms with Crippen LogP contribution in [0.15, 0.2) is 0 Å². The summed E-state index contributed by atoms with van der Waals surface area (Å²) in [7, 11) is 0. The molecule has 2 aliphatic heterocycles. The van der Waals surface area contributed by atoms with Crippen LogP contribution in [0.2, 0.25) is 0 Å². The van der Waals surface area contributed by atoms with Crippen molar-refractivity contribution in [2.45, 2.75) is 149 Å². The van der Waals surface area contributed by atoms with E-state index in [9.17, 15) is 0 Å². The summed E-state index contributed by atoms with van der Waals surface area (Å²) in [6, 6.07) is 0. The first kappa shape index (κ1) is 24.9. The van der Waals surface area contributed by atoms with Crippen LogP contribution >= 0.6 is 0 Å². The summed E-state index contributed by atoms with van der Waals surface area (Å²) in [6.07, 6.45) is 11.8. The predicted molar refractivity (Wildman–Crippen MR) is 111 cm³/mol. The lowest BCUT2D eigenvalue weighted by atomic mass is 9.82. The molecular weight excluding hydrogens is 308 g/mol. The fourth-order valence-electron chi connectivity index (χ4n) is 4.05. The molecule has 4 rings (SSSR count). The number of ether oxygens (including phenoxy) is 2. The smallest absolute Gasteiger partial charge is 0.0949 e. The van der Waals surface area contributed by atoms with Crippen molar-refractivity contribution in [1.82, 2.24) is 0 Å². The third kappa shape index (κ3) is 5.96. The first-order chi connectivity index (χ1) is 11.7. The summed E-state index contributed by atoms with van der Waals surface area (Å²) in [4.78, 5) is 0. The van der Waals surface area contributed by atoms with Crippen LogP contribution in [0.25, 0.3) is 0 Å². The van der Waals surface area contributed by atoms with E-state index in [-0.39, 0.29) is 22.4 Å². The molecule has 0 N–H and O–H groups in total. The van der Waals surface area contributed by atoms with Crippen LogP contribution in [-0.2, 0) is 9.47 Å². The molecule has 0 bridgehead atoms. The van der Waals surface area contributed by atoms with E-state index in [1.165, 1.54) is 57.8 Å². The van der Waals surface area contributed by atoms with E-state index in [1.807, 2.05) is 27.7 Å². The molecule has 2 heteroatoms. The van der Waals surface area contributed by atoms with Gasteiger partial charge in [-0.2, -0.15) is 0 Å². The van der Waals surface area contributed by atoms with Crippen molar-refractivity contribution < 1.29 is 9.47 Å². The Kier molecular flexibility index (Phi) is 10.3. The van der Waals surface area contributed by atoms with Crippen LogP contribution in [-0.4, -0.2) is 22.4 Å². The highest BCUT2D eigenvalue weighted by Crippen LogP contribution is 2.57. The molecule has 2 aliphatic carbocycles. The number of hydrogen-bond donors (Lipinski definition) is 0. The minimum atomic E-state index is 0.283. The van der Waals surface area contributed by atoms with Gasteiger partial charge in [0.1, 0.15) is 0 Å². The van der Waals surface area contributed by atoms with Gasteiger partial charge in [0.05, 0.1) is 22.4 Å². The minimum absolute atomic E-state index is 0.283. The normalized spacial score (nSPS) is 42.0. The summed E-state index contributed by atoms with van der Waals surface area (Å²) in [5.41, 5.74) is 1.13. The van der Waals surface area contributed by atoms with Crippen LogP contribution in [0.5, 0.6) is 0 Å². The van der Waals surface area contributed by atoms with Crippen molar-refractivity contribution in [3.63, 3.8) is 0 Å². The zero-order valence-electron chi connectivity index (χ0n) is 19.2. The summed E-state index contributed by atoms with van der Waals surface area (Å²) in [5.74, 6) is 0. The van der Waals surface area contributed by atoms with Gasteiger partial charge in [-0.15, -0.1) is 0 Å². The average molecular weight is 357 g/mol. The zero-order chi connectivity index (χ0) is 19.8. The molecule has 4 aliphatic rings. The minimum Gasteiger partial charge on any atom is -0.363 e. The Morgan fingerprint density at radius 3 is 0.800 bits per heavy atom. The lowest BCUT2D eigenvalue weighted by Gasteiger charge is -2.17. The second-order valence-electron chi connectivity index (χ2n) is 8.25. The molecule has 2 heterocycles. The van der Waals surface area contributed by atoms with Gasteiger partial charge in [0, 0.05) is 0 Å². The first-order valence-electron chi connectivity index (χ1n) is 11.1. The molecule has 2 saturated heterocycles. The number of hydrogen-bond acceptors (Lipinski definition) is 2. The lowest BCUT2D eigenvalue weighted by molar-refractivity contribution is 0.279. The summed E-state index contributed by atoms with van der Waals surface area (Å²) < 4.78 is 11.3. The lowest BCUT2D eigenvalue weighted by Crippen LogP contribution is -2.23.